The van der Waals surface area contributed by atoms with Gasteiger partial charge in [0, 0.05) is 30.9 Å². The largest absolute Gasteiger partial charge is 0.508 e. The highest BCUT2D eigenvalue weighted by molar-refractivity contribution is 5.31. The summed E-state index contributed by atoms with van der Waals surface area (Å²) in [7, 11) is 0. The molecule has 1 fully saturated rings. The Balaban J connectivity index is 1.94. The minimum absolute atomic E-state index is 0.139. The monoisotopic (exact) mass is 221 g/mol. The Hall–Kier alpha value is -1.06. The van der Waals surface area contributed by atoms with Crippen LogP contribution in [0, 0.1) is 0 Å². The van der Waals surface area contributed by atoms with Gasteiger partial charge >= 0.3 is 0 Å². The summed E-state index contributed by atoms with van der Waals surface area (Å²) in [6.07, 6.45) is 2.06. The van der Waals surface area contributed by atoms with E-state index in [4.69, 9.17) is 4.74 Å². The smallest absolute Gasteiger partial charge is 0.120 e. The van der Waals surface area contributed by atoms with Crippen LogP contribution in [-0.4, -0.2) is 23.9 Å². The Morgan fingerprint density at radius 2 is 2.00 bits per heavy atom. The van der Waals surface area contributed by atoms with Crippen molar-refractivity contribution in [2.75, 3.05) is 13.2 Å². The van der Waals surface area contributed by atoms with Crippen LogP contribution in [0.5, 0.6) is 5.75 Å². The fourth-order valence-corrected chi connectivity index (χ4v) is 1.97. The van der Waals surface area contributed by atoms with Crippen LogP contribution in [0.25, 0.3) is 0 Å². The van der Waals surface area contributed by atoms with Gasteiger partial charge in [0.2, 0.25) is 0 Å². The Morgan fingerprint density at radius 1 is 1.31 bits per heavy atom. The summed E-state index contributed by atoms with van der Waals surface area (Å²) in [4.78, 5) is 0. The number of rotatable bonds is 3. The fourth-order valence-electron chi connectivity index (χ4n) is 1.97. The van der Waals surface area contributed by atoms with Crippen molar-refractivity contribution in [2.45, 2.75) is 31.8 Å². The predicted molar refractivity (Wildman–Crippen MR) is 63.4 cm³/mol. The Bertz CT molecular complexity index is 346. The second-order valence-corrected chi connectivity index (χ2v) is 4.66. The van der Waals surface area contributed by atoms with E-state index < -0.39 is 0 Å². The molecule has 0 radical (unpaired) electrons. The van der Waals surface area contributed by atoms with E-state index in [9.17, 15) is 5.11 Å². The SMILES string of the molecule is CC1(NCc2ccccc2O)CCOCC1. The molecule has 0 unspecified atom stereocenters. The molecule has 2 N–H and O–H groups in total. The van der Waals surface area contributed by atoms with E-state index in [-0.39, 0.29) is 5.54 Å². The van der Waals surface area contributed by atoms with Gasteiger partial charge in [-0.1, -0.05) is 18.2 Å². The first-order valence-corrected chi connectivity index (χ1v) is 5.79. The van der Waals surface area contributed by atoms with Crippen molar-refractivity contribution in [3.8, 4) is 5.75 Å². The van der Waals surface area contributed by atoms with Gasteiger partial charge in [0.05, 0.1) is 0 Å². The number of aromatic hydroxyl groups is 1. The van der Waals surface area contributed by atoms with Gasteiger partial charge in [-0.2, -0.15) is 0 Å². The molecule has 3 nitrogen and oxygen atoms in total. The zero-order valence-corrected chi connectivity index (χ0v) is 9.70. The van der Waals surface area contributed by atoms with Crippen molar-refractivity contribution in [2.24, 2.45) is 0 Å². The summed E-state index contributed by atoms with van der Waals surface area (Å²) in [5.74, 6) is 0.366. The molecule has 0 saturated carbocycles. The topological polar surface area (TPSA) is 41.5 Å². The first-order chi connectivity index (χ1) is 7.70. The number of nitrogens with one attached hydrogen (secondary N) is 1. The molecule has 1 heterocycles. The van der Waals surface area contributed by atoms with E-state index in [1.165, 1.54) is 0 Å². The molecule has 0 bridgehead atoms. The molecule has 88 valence electrons. The molecule has 0 amide bonds. The maximum absolute atomic E-state index is 9.66. The highest BCUT2D eigenvalue weighted by atomic mass is 16.5. The van der Waals surface area contributed by atoms with Gasteiger partial charge in [-0.05, 0) is 25.8 Å². The summed E-state index contributed by atoms with van der Waals surface area (Å²) in [6, 6.07) is 7.46. The lowest BCUT2D eigenvalue weighted by atomic mass is 9.92. The zero-order valence-electron chi connectivity index (χ0n) is 9.70. The van der Waals surface area contributed by atoms with Crippen LogP contribution >= 0.6 is 0 Å². The van der Waals surface area contributed by atoms with Gasteiger partial charge in [0.1, 0.15) is 5.75 Å². The standard InChI is InChI=1S/C13H19NO2/c1-13(6-8-16-9-7-13)14-10-11-4-2-3-5-12(11)15/h2-5,14-15H,6-10H2,1H3. The molecule has 16 heavy (non-hydrogen) atoms. The summed E-state index contributed by atoms with van der Waals surface area (Å²) in [5, 5.41) is 13.2. The van der Waals surface area contributed by atoms with Crippen molar-refractivity contribution in [3.05, 3.63) is 29.8 Å². The number of ether oxygens (including phenoxy) is 1. The summed E-state index contributed by atoms with van der Waals surface area (Å²) >= 11 is 0. The first-order valence-electron chi connectivity index (χ1n) is 5.79. The number of phenolic OH excluding ortho intramolecular Hbond substituents is 1. The average Bonchev–Trinajstić information content (AvgIpc) is 2.29. The Labute approximate surface area is 96.4 Å². The third kappa shape index (κ3) is 2.74. The molecular weight excluding hydrogens is 202 g/mol. The van der Waals surface area contributed by atoms with Crippen molar-refractivity contribution in [3.63, 3.8) is 0 Å². The van der Waals surface area contributed by atoms with Gasteiger partial charge in [-0.25, -0.2) is 0 Å². The van der Waals surface area contributed by atoms with E-state index in [1.54, 1.807) is 6.07 Å². The lowest BCUT2D eigenvalue weighted by Crippen LogP contribution is -2.46. The number of hydrogen-bond donors (Lipinski definition) is 2. The molecule has 1 aliphatic rings. The highest BCUT2D eigenvalue weighted by Crippen LogP contribution is 2.22. The van der Waals surface area contributed by atoms with E-state index in [0.717, 1.165) is 31.6 Å². The third-order valence-electron chi connectivity index (χ3n) is 3.29. The quantitative estimate of drug-likeness (QED) is 0.820. The van der Waals surface area contributed by atoms with E-state index in [2.05, 4.69) is 12.2 Å². The second kappa shape index (κ2) is 4.85. The molecule has 1 aromatic rings. The molecule has 1 aliphatic heterocycles. The Morgan fingerprint density at radius 3 is 2.69 bits per heavy atom. The maximum Gasteiger partial charge on any atom is 0.120 e. The van der Waals surface area contributed by atoms with Crippen molar-refractivity contribution in [1.29, 1.82) is 0 Å². The van der Waals surface area contributed by atoms with Crippen molar-refractivity contribution >= 4 is 0 Å². The van der Waals surface area contributed by atoms with Crippen LogP contribution in [0.3, 0.4) is 0 Å². The Kier molecular flexibility index (Phi) is 3.46. The minimum Gasteiger partial charge on any atom is -0.508 e. The molecular formula is C13H19NO2. The number of hydrogen-bond acceptors (Lipinski definition) is 3. The highest BCUT2D eigenvalue weighted by Gasteiger charge is 2.26. The molecule has 0 aliphatic carbocycles. The normalized spacial score (nSPS) is 19.6. The van der Waals surface area contributed by atoms with Crippen molar-refractivity contribution < 1.29 is 9.84 Å². The minimum atomic E-state index is 0.139. The molecule has 2 rings (SSSR count). The van der Waals surface area contributed by atoms with Gasteiger partial charge in [-0.15, -0.1) is 0 Å². The average molecular weight is 221 g/mol. The van der Waals surface area contributed by atoms with Crippen LogP contribution in [0.1, 0.15) is 25.3 Å². The summed E-state index contributed by atoms with van der Waals surface area (Å²) in [5.41, 5.74) is 1.09. The second-order valence-electron chi connectivity index (χ2n) is 4.66. The van der Waals surface area contributed by atoms with E-state index in [0.29, 0.717) is 12.3 Å². The van der Waals surface area contributed by atoms with Crippen molar-refractivity contribution in [1.82, 2.24) is 5.32 Å². The molecule has 1 aromatic carbocycles. The van der Waals surface area contributed by atoms with E-state index >= 15 is 0 Å². The van der Waals surface area contributed by atoms with Gasteiger partial charge in [0.25, 0.3) is 0 Å². The van der Waals surface area contributed by atoms with Crippen LogP contribution in [0.2, 0.25) is 0 Å². The predicted octanol–water partition coefficient (Wildman–Crippen LogP) is 2.05. The zero-order chi connectivity index (χ0) is 11.4. The number of benzene rings is 1. The lowest BCUT2D eigenvalue weighted by molar-refractivity contribution is 0.0445. The molecule has 0 spiro atoms. The van der Waals surface area contributed by atoms with Gasteiger partial charge < -0.3 is 15.2 Å². The summed E-state index contributed by atoms with van der Waals surface area (Å²) < 4.78 is 5.35. The first kappa shape index (κ1) is 11.4. The molecule has 0 aromatic heterocycles. The maximum atomic E-state index is 9.66. The third-order valence-corrected chi connectivity index (χ3v) is 3.29. The molecule has 3 heteroatoms. The summed E-state index contributed by atoms with van der Waals surface area (Å²) in [6.45, 7) is 4.58. The molecule has 0 atom stereocenters. The van der Waals surface area contributed by atoms with Gasteiger partial charge in [-0.3, -0.25) is 0 Å². The van der Waals surface area contributed by atoms with Crippen LogP contribution in [0.4, 0.5) is 0 Å². The van der Waals surface area contributed by atoms with Crippen LogP contribution in [0.15, 0.2) is 24.3 Å². The lowest BCUT2D eigenvalue weighted by Gasteiger charge is -2.34. The number of phenols is 1. The number of para-hydroxylation sites is 1. The van der Waals surface area contributed by atoms with Crippen LogP contribution < -0.4 is 5.32 Å². The van der Waals surface area contributed by atoms with Gasteiger partial charge in [0.15, 0.2) is 0 Å². The fraction of sp³-hybridized carbons (Fsp3) is 0.538. The van der Waals surface area contributed by atoms with Crippen LogP contribution in [-0.2, 0) is 11.3 Å². The molecule has 1 saturated heterocycles. The van der Waals surface area contributed by atoms with E-state index in [1.807, 2.05) is 18.2 Å².